The summed E-state index contributed by atoms with van der Waals surface area (Å²) in [6.07, 6.45) is 0. The molecule has 0 fully saturated rings. The van der Waals surface area contributed by atoms with Crippen molar-refractivity contribution in [3.05, 3.63) is 33.7 Å². The Morgan fingerprint density at radius 2 is 1.69 bits per heavy atom. The summed E-state index contributed by atoms with van der Waals surface area (Å²) in [4.78, 5) is 14.4. The van der Waals surface area contributed by atoms with Crippen LogP contribution in [-0.4, -0.2) is 4.98 Å². The Hall–Kier alpha value is -1.05. The lowest BCUT2D eigenvalue weighted by molar-refractivity contribution is 0.788. The lowest BCUT2D eigenvalue weighted by Gasteiger charge is -2.08. The van der Waals surface area contributed by atoms with Gasteiger partial charge >= 0.3 is 0 Å². The molecule has 0 aliphatic carbocycles. The fourth-order valence-corrected chi connectivity index (χ4v) is 1.29. The van der Waals surface area contributed by atoms with Crippen LogP contribution in [-0.2, 0) is 0 Å². The molecule has 0 saturated carbocycles. The molecule has 13 heavy (non-hydrogen) atoms. The Morgan fingerprint density at radius 1 is 1.08 bits per heavy atom. The first-order valence-electron chi connectivity index (χ1n) is 4.75. The standard InChI is InChI=1S/C11H17NO/c1-7(2)9-5-6-10(8(3)4)12-11(9)13/h5-8H,1-4H3,(H,12,13). The summed E-state index contributed by atoms with van der Waals surface area (Å²) < 4.78 is 0. The highest BCUT2D eigenvalue weighted by Crippen LogP contribution is 2.13. The minimum atomic E-state index is 0.0567. The Balaban J connectivity index is 3.14. The van der Waals surface area contributed by atoms with Gasteiger partial charge in [0.05, 0.1) is 0 Å². The highest BCUT2D eigenvalue weighted by molar-refractivity contribution is 5.18. The average molecular weight is 179 g/mol. The topological polar surface area (TPSA) is 32.9 Å². The molecule has 1 heterocycles. The SMILES string of the molecule is CC(C)c1ccc(C(C)C)c(=O)[nH]1. The van der Waals surface area contributed by atoms with Crippen molar-refractivity contribution >= 4 is 0 Å². The van der Waals surface area contributed by atoms with Crippen molar-refractivity contribution in [3.8, 4) is 0 Å². The molecule has 0 aromatic carbocycles. The van der Waals surface area contributed by atoms with Crippen LogP contribution in [0.2, 0.25) is 0 Å². The van der Waals surface area contributed by atoms with Gasteiger partial charge in [-0.1, -0.05) is 33.8 Å². The van der Waals surface area contributed by atoms with E-state index in [1.807, 2.05) is 26.0 Å². The molecule has 1 aromatic heterocycles. The van der Waals surface area contributed by atoms with Crippen molar-refractivity contribution in [2.75, 3.05) is 0 Å². The Bertz CT molecular complexity index is 336. The molecule has 1 aromatic rings. The monoisotopic (exact) mass is 179 g/mol. The van der Waals surface area contributed by atoms with Gasteiger partial charge in [-0.15, -0.1) is 0 Å². The van der Waals surface area contributed by atoms with E-state index in [0.717, 1.165) is 11.3 Å². The van der Waals surface area contributed by atoms with Gasteiger partial charge in [0, 0.05) is 11.3 Å². The van der Waals surface area contributed by atoms with Crippen molar-refractivity contribution in [3.63, 3.8) is 0 Å². The molecule has 1 rings (SSSR count). The highest BCUT2D eigenvalue weighted by Gasteiger charge is 2.06. The van der Waals surface area contributed by atoms with E-state index in [0.29, 0.717) is 11.8 Å². The normalized spacial score (nSPS) is 11.2. The van der Waals surface area contributed by atoms with Crippen molar-refractivity contribution < 1.29 is 0 Å². The summed E-state index contributed by atoms with van der Waals surface area (Å²) in [6, 6.07) is 3.93. The molecular weight excluding hydrogens is 162 g/mol. The Labute approximate surface area is 79.0 Å². The van der Waals surface area contributed by atoms with Crippen LogP contribution in [0.5, 0.6) is 0 Å². The van der Waals surface area contributed by atoms with E-state index in [2.05, 4.69) is 18.8 Å². The first-order chi connectivity index (χ1) is 6.02. The lowest BCUT2D eigenvalue weighted by atomic mass is 10.0. The minimum absolute atomic E-state index is 0.0567. The van der Waals surface area contributed by atoms with Gasteiger partial charge in [0.15, 0.2) is 0 Å². The number of nitrogens with one attached hydrogen (secondary N) is 1. The number of H-pyrrole nitrogens is 1. The Kier molecular flexibility index (Phi) is 2.91. The average Bonchev–Trinajstić information content (AvgIpc) is 2.03. The maximum Gasteiger partial charge on any atom is 0.251 e. The maximum absolute atomic E-state index is 11.5. The van der Waals surface area contributed by atoms with Crippen LogP contribution in [0.1, 0.15) is 50.8 Å². The van der Waals surface area contributed by atoms with E-state index in [-0.39, 0.29) is 5.56 Å². The number of pyridine rings is 1. The number of hydrogen-bond donors (Lipinski definition) is 1. The molecule has 0 bridgehead atoms. The second-order valence-corrected chi connectivity index (χ2v) is 4.01. The third-order valence-corrected chi connectivity index (χ3v) is 2.21. The van der Waals surface area contributed by atoms with Crippen molar-refractivity contribution in [2.45, 2.75) is 39.5 Å². The van der Waals surface area contributed by atoms with Crippen LogP contribution in [0.25, 0.3) is 0 Å². The summed E-state index contributed by atoms with van der Waals surface area (Å²) in [5.74, 6) is 0.680. The van der Waals surface area contributed by atoms with Crippen LogP contribution >= 0.6 is 0 Å². The molecular formula is C11H17NO. The zero-order chi connectivity index (χ0) is 10.0. The van der Waals surface area contributed by atoms with Gasteiger partial charge in [0.2, 0.25) is 0 Å². The first kappa shape index (κ1) is 10.0. The largest absolute Gasteiger partial charge is 0.326 e. The number of rotatable bonds is 2. The van der Waals surface area contributed by atoms with Crippen molar-refractivity contribution in [1.29, 1.82) is 0 Å². The van der Waals surface area contributed by atoms with Crippen LogP contribution in [0.4, 0.5) is 0 Å². The zero-order valence-electron chi connectivity index (χ0n) is 8.72. The number of aromatic nitrogens is 1. The smallest absolute Gasteiger partial charge is 0.251 e. The molecule has 0 atom stereocenters. The van der Waals surface area contributed by atoms with Gasteiger partial charge in [-0.25, -0.2) is 0 Å². The van der Waals surface area contributed by atoms with E-state index in [1.165, 1.54) is 0 Å². The molecule has 0 radical (unpaired) electrons. The van der Waals surface area contributed by atoms with Crippen LogP contribution in [0.3, 0.4) is 0 Å². The zero-order valence-corrected chi connectivity index (χ0v) is 8.72. The quantitative estimate of drug-likeness (QED) is 0.743. The predicted octanol–water partition coefficient (Wildman–Crippen LogP) is 2.62. The summed E-state index contributed by atoms with van der Waals surface area (Å²) in [7, 11) is 0. The predicted molar refractivity (Wildman–Crippen MR) is 55.2 cm³/mol. The number of aromatic amines is 1. The van der Waals surface area contributed by atoms with E-state index in [1.54, 1.807) is 0 Å². The van der Waals surface area contributed by atoms with Crippen LogP contribution < -0.4 is 5.56 Å². The lowest BCUT2D eigenvalue weighted by Crippen LogP contribution is -2.15. The molecule has 72 valence electrons. The molecule has 0 saturated heterocycles. The molecule has 2 nitrogen and oxygen atoms in total. The van der Waals surface area contributed by atoms with E-state index < -0.39 is 0 Å². The molecule has 0 aliphatic rings. The summed E-state index contributed by atoms with van der Waals surface area (Å²) in [6.45, 7) is 8.19. The van der Waals surface area contributed by atoms with Gasteiger partial charge in [-0.05, 0) is 17.9 Å². The fraction of sp³-hybridized carbons (Fsp3) is 0.545. The summed E-state index contributed by atoms with van der Waals surface area (Å²) >= 11 is 0. The van der Waals surface area contributed by atoms with Crippen molar-refractivity contribution in [2.24, 2.45) is 0 Å². The maximum atomic E-state index is 11.5. The second-order valence-electron chi connectivity index (χ2n) is 4.01. The molecule has 0 spiro atoms. The molecule has 0 aliphatic heterocycles. The van der Waals surface area contributed by atoms with Crippen LogP contribution in [0, 0.1) is 0 Å². The number of hydrogen-bond acceptors (Lipinski definition) is 1. The summed E-state index contributed by atoms with van der Waals surface area (Å²) in [5, 5.41) is 0. The first-order valence-corrected chi connectivity index (χ1v) is 4.75. The third-order valence-electron chi connectivity index (χ3n) is 2.21. The molecule has 0 unspecified atom stereocenters. The van der Waals surface area contributed by atoms with E-state index in [4.69, 9.17) is 0 Å². The van der Waals surface area contributed by atoms with Gasteiger partial charge in [0.1, 0.15) is 0 Å². The third kappa shape index (κ3) is 2.20. The van der Waals surface area contributed by atoms with Gasteiger partial charge < -0.3 is 4.98 Å². The molecule has 2 heteroatoms. The molecule has 1 N–H and O–H groups in total. The highest BCUT2D eigenvalue weighted by atomic mass is 16.1. The van der Waals surface area contributed by atoms with Crippen molar-refractivity contribution in [1.82, 2.24) is 4.98 Å². The molecule has 0 amide bonds. The van der Waals surface area contributed by atoms with Gasteiger partial charge in [0.25, 0.3) is 5.56 Å². The minimum Gasteiger partial charge on any atom is -0.326 e. The van der Waals surface area contributed by atoms with Gasteiger partial charge in [-0.3, -0.25) is 4.79 Å². The van der Waals surface area contributed by atoms with Crippen LogP contribution in [0.15, 0.2) is 16.9 Å². The Morgan fingerprint density at radius 3 is 2.08 bits per heavy atom. The van der Waals surface area contributed by atoms with Gasteiger partial charge in [-0.2, -0.15) is 0 Å². The fourth-order valence-electron chi connectivity index (χ4n) is 1.29. The van der Waals surface area contributed by atoms with E-state index in [9.17, 15) is 4.79 Å². The second kappa shape index (κ2) is 3.77. The van der Waals surface area contributed by atoms with E-state index >= 15 is 0 Å². The summed E-state index contributed by atoms with van der Waals surface area (Å²) in [5.41, 5.74) is 1.93.